The van der Waals surface area contributed by atoms with Crippen LogP contribution >= 0.6 is 0 Å². The summed E-state index contributed by atoms with van der Waals surface area (Å²) in [7, 11) is 0. The number of nitrogens with zero attached hydrogens (tertiary/aromatic N) is 1. The monoisotopic (exact) mass is 447 g/mol. The van der Waals surface area contributed by atoms with E-state index in [2.05, 4.69) is 4.74 Å². The Hall–Kier alpha value is -2.91. The third kappa shape index (κ3) is 3.75. The van der Waals surface area contributed by atoms with Gasteiger partial charge in [0.15, 0.2) is 5.78 Å². The summed E-state index contributed by atoms with van der Waals surface area (Å²) in [5.74, 6) is -2.43. The molecule has 6 nitrogen and oxygen atoms in total. The van der Waals surface area contributed by atoms with Gasteiger partial charge in [0.1, 0.15) is 5.75 Å². The van der Waals surface area contributed by atoms with Crippen molar-refractivity contribution in [2.45, 2.75) is 31.4 Å². The van der Waals surface area contributed by atoms with E-state index in [0.717, 1.165) is 25.0 Å². The highest BCUT2D eigenvalue weighted by atomic mass is 19.4. The van der Waals surface area contributed by atoms with Crippen molar-refractivity contribution in [1.82, 2.24) is 0 Å². The Labute approximate surface area is 181 Å². The number of ether oxygens (including phenoxy) is 3. The van der Waals surface area contributed by atoms with Crippen molar-refractivity contribution in [2.24, 2.45) is 5.92 Å². The van der Waals surface area contributed by atoms with Gasteiger partial charge in [-0.05, 0) is 55.5 Å². The van der Waals surface area contributed by atoms with Gasteiger partial charge in [-0.1, -0.05) is 12.1 Å². The molecule has 0 radical (unpaired) electrons. The van der Waals surface area contributed by atoms with Crippen molar-refractivity contribution in [1.29, 1.82) is 0 Å². The van der Waals surface area contributed by atoms with Crippen molar-refractivity contribution in [2.75, 3.05) is 24.7 Å². The SMILES string of the molecule is O=C(c1cccc(OC(F)(F)F)c1)c1ccc2c(c1)C1(OCCCO1)C(=O)N2CC1CC1. The van der Waals surface area contributed by atoms with E-state index in [1.54, 1.807) is 23.1 Å². The molecule has 1 aliphatic carbocycles. The minimum atomic E-state index is -4.86. The zero-order valence-corrected chi connectivity index (χ0v) is 17.0. The van der Waals surface area contributed by atoms with Gasteiger partial charge in [0.2, 0.25) is 0 Å². The average molecular weight is 447 g/mol. The molecule has 2 fully saturated rings. The van der Waals surface area contributed by atoms with Gasteiger partial charge in [-0.3, -0.25) is 9.59 Å². The lowest BCUT2D eigenvalue weighted by atomic mass is 9.97. The summed E-state index contributed by atoms with van der Waals surface area (Å²) in [6.45, 7) is 1.25. The number of rotatable bonds is 5. The molecule has 2 aliphatic heterocycles. The molecule has 2 heterocycles. The number of carbonyl (C=O) groups is 2. The lowest BCUT2D eigenvalue weighted by molar-refractivity contribution is -0.274. The Morgan fingerprint density at radius 1 is 1.09 bits per heavy atom. The van der Waals surface area contributed by atoms with Crippen LogP contribution in [0.2, 0.25) is 0 Å². The van der Waals surface area contributed by atoms with Gasteiger partial charge < -0.3 is 19.1 Å². The molecular weight excluding hydrogens is 427 g/mol. The summed E-state index contributed by atoms with van der Waals surface area (Å²) >= 11 is 0. The Morgan fingerprint density at radius 3 is 2.50 bits per heavy atom. The van der Waals surface area contributed by atoms with Crippen molar-refractivity contribution in [3.05, 3.63) is 59.2 Å². The molecule has 3 aliphatic rings. The number of hydrogen-bond donors (Lipinski definition) is 0. The topological polar surface area (TPSA) is 65.1 Å². The van der Waals surface area contributed by atoms with E-state index >= 15 is 0 Å². The molecule has 2 aromatic carbocycles. The van der Waals surface area contributed by atoms with E-state index in [-0.39, 0.29) is 17.0 Å². The predicted octanol–water partition coefficient (Wildman–Crippen LogP) is 4.16. The van der Waals surface area contributed by atoms with Gasteiger partial charge in [-0.2, -0.15) is 0 Å². The molecule has 0 N–H and O–H groups in total. The van der Waals surface area contributed by atoms with Crippen molar-refractivity contribution in [3.63, 3.8) is 0 Å². The summed E-state index contributed by atoms with van der Waals surface area (Å²) in [6, 6.07) is 9.68. The first-order valence-corrected chi connectivity index (χ1v) is 10.4. The molecule has 2 aromatic rings. The second-order valence-corrected chi connectivity index (χ2v) is 8.16. The summed E-state index contributed by atoms with van der Waals surface area (Å²) < 4.78 is 53.2. The van der Waals surface area contributed by atoms with E-state index in [0.29, 0.717) is 43.3 Å². The van der Waals surface area contributed by atoms with E-state index in [9.17, 15) is 22.8 Å². The normalized spacial score (nSPS) is 19.8. The number of anilines is 1. The molecule has 1 saturated heterocycles. The van der Waals surface area contributed by atoms with Gasteiger partial charge in [-0.15, -0.1) is 13.2 Å². The van der Waals surface area contributed by atoms with Crippen molar-refractivity contribution >= 4 is 17.4 Å². The van der Waals surface area contributed by atoms with Gasteiger partial charge in [0.05, 0.1) is 18.9 Å². The van der Waals surface area contributed by atoms with E-state index in [1.165, 1.54) is 12.1 Å². The summed E-state index contributed by atoms with van der Waals surface area (Å²) in [4.78, 5) is 28.0. The molecule has 0 unspecified atom stereocenters. The number of hydrogen-bond acceptors (Lipinski definition) is 5. The van der Waals surface area contributed by atoms with Crippen LogP contribution in [0.1, 0.15) is 40.7 Å². The fourth-order valence-corrected chi connectivity index (χ4v) is 4.13. The van der Waals surface area contributed by atoms with Crippen LogP contribution in [0.4, 0.5) is 18.9 Å². The van der Waals surface area contributed by atoms with E-state index < -0.39 is 23.7 Å². The first kappa shape index (κ1) is 21.0. The zero-order chi connectivity index (χ0) is 22.5. The minimum Gasteiger partial charge on any atom is -0.406 e. The Morgan fingerprint density at radius 2 is 1.81 bits per heavy atom. The average Bonchev–Trinajstić information content (AvgIpc) is 3.57. The Balaban J connectivity index is 1.50. The molecule has 32 heavy (non-hydrogen) atoms. The quantitative estimate of drug-likeness (QED) is 0.644. The fraction of sp³-hybridized carbons (Fsp3) is 0.391. The zero-order valence-electron chi connectivity index (χ0n) is 17.0. The highest BCUT2D eigenvalue weighted by Gasteiger charge is 2.55. The number of alkyl halides is 3. The largest absolute Gasteiger partial charge is 0.573 e. The molecule has 1 saturated carbocycles. The number of halogens is 3. The maximum Gasteiger partial charge on any atom is 0.573 e. The third-order valence-corrected chi connectivity index (χ3v) is 5.80. The Kier molecular flexibility index (Phi) is 4.98. The van der Waals surface area contributed by atoms with Gasteiger partial charge in [-0.25, -0.2) is 0 Å². The third-order valence-electron chi connectivity index (χ3n) is 5.80. The summed E-state index contributed by atoms with van der Waals surface area (Å²) in [5.41, 5.74) is 1.34. The van der Waals surface area contributed by atoms with E-state index in [1.807, 2.05) is 0 Å². The maximum atomic E-state index is 13.3. The number of ketones is 1. The number of amides is 1. The van der Waals surface area contributed by atoms with Crippen LogP contribution in [0.3, 0.4) is 0 Å². The smallest absolute Gasteiger partial charge is 0.406 e. The van der Waals surface area contributed by atoms with Crippen LogP contribution in [0.25, 0.3) is 0 Å². The molecule has 168 valence electrons. The molecule has 1 amide bonds. The van der Waals surface area contributed by atoms with Crippen LogP contribution < -0.4 is 9.64 Å². The highest BCUT2D eigenvalue weighted by molar-refractivity contribution is 6.11. The van der Waals surface area contributed by atoms with E-state index in [4.69, 9.17) is 9.47 Å². The lowest BCUT2D eigenvalue weighted by Crippen LogP contribution is -2.47. The first-order valence-electron chi connectivity index (χ1n) is 10.4. The number of fused-ring (bicyclic) bond motifs is 2. The maximum absolute atomic E-state index is 13.3. The van der Waals surface area contributed by atoms with Crippen LogP contribution in [0, 0.1) is 5.92 Å². The molecule has 1 spiro atoms. The number of benzene rings is 2. The second kappa shape index (κ2) is 7.60. The van der Waals surface area contributed by atoms with Crippen LogP contribution in [0.15, 0.2) is 42.5 Å². The highest BCUT2D eigenvalue weighted by Crippen LogP contribution is 2.47. The summed E-state index contributed by atoms with van der Waals surface area (Å²) in [5, 5.41) is 0. The van der Waals surface area contributed by atoms with Crippen molar-refractivity contribution in [3.8, 4) is 5.75 Å². The molecule has 5 rings (SSSR count). The fourth-order valence-electron chi connectivity index (χ4n) is 4.13. The summed E-state index contributed by atoms with van der Waals surface area (Å²) in [6.07, 6.45) is -2.10. The van der Waals surface area contributed by atoms with Gasteiger partial charge in [0.25, 0.3) is 11.7 Å². The number of carbonyl (C=O) groups excluding carboxylic acids is 2. The molecule has 0 atom stereocenters. The first-order chi connectivity index (χ1) is 15.3. The van der Waals surface area contributed by atoms with Gasteiger partial charge >= 0.3 is 6.36 Å². The molecule has 9 heteroatoms. The van der Waals surface area contributed by atoms with Gasteiger partial charge in [0, 0.05) is 23.2 Å². The standard InChI is InChI=1S/C23H20F3NO5/c24-23(25,26)32-17-4-1-3-15(11-17)20(28)16-7-8-19-18(12-16)22(30-9-2-10-31-22)21(29)27(19)13-14-5-6-14/h1,3-4,7-8,11-12,14H,2,5-6,9-10,13H2. The predicted molar refractivity (Wildman–Crippen MR) is 106 cm³/mol. The van der Waals surface area contributed by atoms with Crippen molar-refractivity contribution < 1.29 is 37.0 Å². The van der Waals surface area contributed by atoms with Crippen LogP contribution in [-0.4, -0.2) is 37.8 Å². The molecule has 0 aromatic heterocycles. The molecule has 0 bridgehead atoms. The lowest BCUT2D eigenvalue weighted by Gasteiger charge is -2.32. The second-order valence-electron chi connectivity index (χ2n) is 8.16. The van der Waals surface area contributed by atoms with Crippen LogP contribution in [-0.2, 0) is 20.1 Å². The molecular formula is C23H20F3NO5. The van der Waals surface area contributed by atoms with Crippen LogP contribution in [0.5, 0.6) is 5.75 Å². The minimum absolute atomic E-state index is 0.0328. The Bertz CT molecular complexity index is 1070.